The number of thioether (sulfide) groups is 1. The Morgan fingerprint density at radius 3 is 2.70 bits per heavy atom. The number of thiocarbonyl (C=S) groups is 1. The smallest absolute Gasteiger partial charge is 0.266 e. The molecule has 190 valence electrons. The highest BCUT2D eigenvalue weighted by Gasteiger charge is 2.42. The Kier molecular flexibility index (Phi) is 7.06. The van der Waals surface area contributed by atoms with E-state index in [1.54, 1.807) is 16.8 Å². The Morgan fingerprint density at radius 1 is 1.24 bits per heavy atom. The number of rotatable bonds is 7. The van der Waals surface area contributed by atoms with Crippen molar-refractivity contribution in [1.82, 2.24) is 14.7 Å². The molecule has 1 aromatic heterocycles. The maximum absolute atomic E-state index is 13.4. The van der Waals surface area contributed by atoms with E-state index in [1.807, 2.05) is 61.7 Å². The van der Waals surface area contributed by atoms with Gasteiger partial charge in [-0.3, -0.25) is 9.69 Å². The molecule has 37 heavy (non-hydrogen) atoms. The number of carbonyl (C=O) groups is 1. The van der Waals surface area contributed by atoms with Gasteiger partial charge in [-0.2, -0.15) is 5.10 Å². The highest BCUT2D eigenvalue weighted by molar-refractivity contribution is 8.26. The highest BCUT2D eigenvalue weighted by Crippen LogP contribution is 2.38. The minimum absolute atomic E-state index is 0.0522. The van der Waals surface area contributed by atoms with E-state index in [1.165, 1.54) is 16.7 Å². The number of hydrogen-bond donors (Lipinski definition) is 0. The van der Waals surface area contributed by atoms with Crippen LogP contribution >= 0.6 is 24.0 Å². The number of amides is 1. The first-order chi connectivity index (χ1) is 17.8. The first-order valence-corrected chi connectivity index (χ1v) is 14.8. The molecule has 2 fully saturated rings. The van der Waals surface area contributed by atoms with Crippen LogP contribution in [0.5, 0.6) is 5.75 Å². The number of carbonyl (C=O) groups excluding carboxylic acids is 1. The third-order valence-electron chi connectivity index (χ3n) is 6.27. The number of benzene rings is 2. The van der Waals surface area contributed by atoms with Gasteiger partial charge >= 0.3 is 0 Å². The molecule has 3 aromatic rings. The van der Waals surface area contributed by atoms with Crippen LogP contribution in [0.3, 0.4) is 0 Å². The van der Waals surface area contributed by atoms with Crippen LogP contribution in [0.2, 0.25) is 0 Å². The molecule has 0 unspecified atom stereocenters. The van der Waals surface area contributed by atoms with Crippen molar-refractivity contribution in [2.45, 2.75) is 19.4 Å². The molecule has 1 atom stereocenters. The molecular formula is C27H25N3O4S3. The van der Waals surface area contributed by atoms with E-state index in [-0.39, 0.29) is 17.4 Å². The van der Waals surface area contributed by atoms with Crippen LogP contribution in [0.25, 0.3) is 23.0 Å². The van der Waals surface area contributed by atoms with Crippen LogP contribution < -0.4 is 4.74 Å². The van der Waals surface area contributed by atoms with Crippen LogP contribution in [-0.2, 0) is 14.6 Å². The van der Waals surface area contributed by atoms with Gasteiger partial charge in [-0.1, -0.05) is 54.8 Å². The Hall–Kier alpha value is -3.21. The lowest BCUT2D eigenvalue weighted by Gasteiger charge is -2.20. The molecule has 2 aromatic carbocycles. The fourth-order valence-electron chi connectivity index (χ4n) is 4.48. The van der Waals surface area contributed by atoms with Gasteiger partial charge in [-0.25, -0.2) is 13.1 Å². The summed E-state index contributed by atoms with van der Waals surface area (Å²) in [5.74, 6) is 0.495. The topological polar surface area (TPSA) is 81.5 Å². The SMILES string of the molecule is C=CCOc1ccc(-c2nn(-c3ccccc3)cc2/C=C2\SC(=S)N([C@@H]3CCS(=O)(=O)C3)C2=O)c(C)c1. The van der Waals surface area contributed by atoms with E-state index in [9.17, 15) is 13.2 Å². The summed E-state index contributed by atoms with van der Waals surface area (Å²) in [6.07, 6.45) is 5.78. The number of ether oxygens (including phenoxy) is 1. The first-order valence-electron chi connectivity index (χ1n) is 11.7. The van der Waals surface area contributed by atoms with Crippen LogP contribution in [0.15, 0.2) is 72.3 Å². The number of aryl methyl sites for hydroxylation is 1. The quantitative estimate of drug-likeness (QED) is 0.237. The summed E-state index contributed by atoms with van der Waals surface area (Å²) in [5, 5.41) is 4.87. The van der Waals surface area contributed by atoms with Gasteiger partial charge < -0.3 is 4.74 Å². The van der Waals surface area contributed by atoms with E-state index in [0.29, 0.717) is 27.9 Å². The Morgan fingerprint density at radius 2 is 2.03 bits per heavy atom. The van der Waals surface area contributed by atoms with Crippen molar-refractivity contribution in [2.75, 3.05) is 18.1 Å². The molecule has 7 nitrogen and oxygen atoms in total. The summed E-state index contributed by atoms with van der Waals surface area (Å²) >= 11 is 6.69. The predicted molar refractivity (Wildman–Crippen MR) is 151 cm³/mol. The first kappa shape index (κ1) is 25.4. The van der Waals surface area contributed by atoms with Gasteiger partial charge in [0.1, 0.15) is 22.4 Å². The van der Waals surface area contributed by atoms with Gasteiger partial charge in [-0.15, -0.1) is 0 Å². The molecule has 0 bridgehead atoms. The third kappa shape index (κ3) is 5.27. The fourth-order valence-corrected chi connectivity index (χ4v) is 7.57. The second-order valence-corrected chi connectivity index (χ2v) is 12.8. The van der Waals surface area contributed by atoms with E-state index < -0.39 is 15.9 Å². The third-order valence-corrected chi connectivity index (χ3v) is 9.35. The molecule has 2 aliphatic heterocycles. The number of nitrogens with zero attached hydrogens (tertiary/aromatic N) is 3. The molecular weight excluding hydrogens is 527 g/mol. The molecule has 0 N–H and O–H groups in total. The number of sulfone groups is 1. The average molecular weight is 552 g/mol. The average Bonchev–Trinajstić information content (AvgIpc) is 3.53. The maximum atomic E-state index is 13.4. The zero-order chi connectivity index (χ0) is 26.2. The molecule has 0 radical (unpaired) electrons. The molecule has 0 saturated carbocycles. The van der Waals surface area contributed by atoms with E-state index in [4.69, 9.17) is 22.1 Å². The van der Waals surface area contributed by atoms with Gasteiger partial charge in [0.15, 0.2) is 9.84 Å². The van der Waals surface area contributed by atoms with Gasteiger partial charge in [0.25, 0.3) is 5.91 Å². The largest absolute Gasteiger partial charge is 0.490 e. The van der Waals surface area contributed by atoms with Crippen molar-refractivity contribution >= 4 is 50.1 Å². The molecule has 3 heterocycles. The summed E-state index contributed by atoms with van der Waals surface area (Å²) < 4.78 is 31.9. The van der Waals surface area contributed by atoms with Crippen LogP contribution in [0.1, 0.15) is 17.5 Å². The molecule has 10 heteroatoms. The van der Waals surface area contributed by atoms with Crippen LogP contribution in [-0.4, -0.2) is 57.5 Å². The predicted octanol–water partition coefficient (Wildman–Crippen LogP) is 4.80. The lowest BCUT2D eigenvalue weighted by atomic mass is 10.0. The van der Waals surface area contributed by atoms with Crippen molar-refractivity contribution in [2.24, 2.45) is 0 Å². The summed E-state index contributed by atoms with van der Waals surface area (Å²) in [5.41, 5.74) is 4.23. The zero-order valence-corrected chi connectivity index (χ0v) is 22.6. The minimum atomic E-state index is -3.15. The Labute approximate surface area is 225 Å². The molecule has 2 aliphatic rings. The van der Waals surface area contributed by atoms with Crippen molar-refractivity contribution in [3.8, 4) is 22.7 Å². The number of aromatic nitrogens is 2. The summed E-state index contributed by atoms with van der Waals surface area (Å²) in [4.78, 5) is 15.3. The Balaban J connectivity index is 1.54. The normalized spacial score (nSPS) is 20.1. The lowest BCUT2D eigenvalue weighted by molar-refractivity contribution is -0.123. The molecule has 5 rings (SSSR count). The van der Waals surface area contributed by atoms with E-state index in [2.05, 4.69) is 6.58 Å². The fraction of sp³-hybridized carbons (Fsp3) is 0.222. The molecule has 0 aliphatic carbocycles. The molecule has 2 saturated heterocycles. The second kappa shape index (κ2) is 10.3. The zero-order valence-electron chi connectivity index (χ0n) is 20.2. The molecule has 0 spiro atoms. The second-order valence-electron chi connectivity index (χ2n) is 8.90. The number of para-hydroxylation sites is 1. The number of hydrogen-bond acceptors (Lipinski definition) is 7. The minimum Gasteiger partial charge on any atom is -0.490 e. The van der Waals surface area contributed by atoms with Gasteiger partial charge in [0, 0.05) is 17.3 Å². The van der Waals surface area contributed by atoms with Crippen LogP contribution in [0.4, 0.5) is 0 Å². The van der Waals surface area contributed by atoms with Crippen molar-refractivity contribution in [3.05, 3.63) is 83.4 Å². The van der Waals surface area contributed by atoms with Crippen molar-refractivity contribution < 1.29 is 17.9 Å². The summed E-state index contributed by atoms with van der Waals surface area (Å²) in [7, 11) is -3.15. The van der Waals surface area contributed by atoms with Gasteiger partial charge in [0.2, 0.25) is 0 Å². The van der Waals surface area contributed by atoms with E-state index in [0.717, 1.165) is 28.1 Å². The highest BCUT2D eigenvalue weighted by atomic mass is 32.2. The monoisotopic (exact) mass is 551 g/mol. The Bertz CT molecular complexity index is 1530. The summed E-state index contributed by atoms with van der Waals surface area (Å²) in [6.45, 7) is 6.09. The summed E-state index contributed by atoms with van der Waals surface area (Å²) in [6, 6.07) is 15.1. The van der Waals surface area contributed by atoms with Gasteiger partial charge in [0.05, 0.1) is 28.1 Å². The van der Waals surface area contributed by atoms with Crippen molar-refractivity contribution in [1.29, 1.82) is 0 Å². The van der Waals surface area contributed by atoms with E-state index >= 15 is 0 Å². The lowest BCUT2D eigenvalue weighted by Crippen LogP contribution is -2.39. The van der Waals surface area contributed by atoms with Crippen LogP contribution in [0, 0.1) is 6.92 Å². The molecule has 1 amide bonds. The van der Waals surface area contributed by atoms with Gasteiger partial charge in [-0.05, 0) is 55.3 Å². The van der Waals surface area contributed by atoms with Crippen molar-refractivity contribution in [3.63, 3.8) is 0 Å². The maximum Gasteiger partial charge on any atom is 0.266 e. The standard InChI is InChI=1S/C27H25N3O4S3/c1-3-12-34-22-9-10-23(18(2)14-22)25-19(16-29(28-25)20-7-5-4-6-8-20)15-24-26(31)30(27(35)36-24)21-11-13-37(32,33)17-21/h3-10,14-16,21H,1,11-13,17H2,2H3/b24-15-/t21-/m1/s1.